The van der Waals surface area contributed by atoms with E-state index in [1.807, 2.05) is 0 Å². The molecule has 32 heavy (non-hydrogen) atoms. The number of carbonyl (C=O) groups excluding carboxylic acids is 1. The quantitative estimate of drug-likeness (QED) is 0.399. The minimum Gasteiger partial charge on any atom is -0.329 e. The van der Waals surface area contributed by atoms with Crippen molar-refractivity contribution >= 4 is 17.4 Å². The molecule has 0 unspecified atom stereocenters. The molecular weight excluding hydrogens is 431 g/mol. The van der Waals surface area contributed by atoms with E-state index in [-0.39, 0.29) is 0 Å². The zero-order chi connectivity index (χ0) is 22.9. The van der Waals surface area contributed by atoms with Gasteiger partial charge in [0.25, 0.3) is 0 Å². The van der Waals surface area contributed by atoms with Crippen LogP contribution in [0.5, 0.6) is 0 Å². The van der Waals surface area contributed by atoms with E-state index >= 15 is 0 Å². The number of hydrogen-bond acceptors (Lipinski definition) is 2. The lowest BCUT2D eigenvalue weighted by Gasteiger charge is -2.11. The lowest BCUT2D eigenvalue weighted by atomic mass is 10.1. The number of imidazole rings is 1. The van der Waals surface area contributed by atoms with Gasteiger partial charge in [0, 0.05) is 17.4 Å². The zero-order valence-corrected chi connectivity index (χ0v) is 16.3. The molecule has 2 N–H and O–H groups in total. The summed E-state index contributed by atoms with van der Waals surface area (Å²) in [6.07, 6.45) is -1.20. The van der Waals surface area contributed by atoms with Gasteiger partial charge in [-0.1, -0.05) is 18.2 Å². The Labute approximate surface area is 178 Å². The number of fused-ring (bicyclic) bond motifs is 1. The Kier molecular flexibility index (Phi) is 5.52. The highest BCUT2D eigenvalue weighted by atomic mass is 19.4. The molecule has 0 saturated carbocycles. The first-order chi connectivity index (χ1) is 15.2. The summed E-state index contributed by atoms with van der Waals surface area (Å²) in [7, 11) is 0. The second kappa shape index (κ2) is 8.29. The molecule has 0 aliphatic carbocycles. The number of pyridine rings is 1. The van der Waals surface area contributed by atoms with E-state index in [1.54, 1.807) is 58.5 Å². The van der Waals surface area contributed by atoms with Crippen LogP contribution in [0.25, 0.3) is 28.0 Å². The molecule has 4 aromatic rings. The van der Waals surface area contributed by atoms with E-state index < -0.39 is 30.4 Å². The van der Waals surface area contributed by atoms with Crippen molar-refractivity contribution in [3.63, 3.8) is 0 Å². The molecule has 0 fully saturated rings. The number of nitrogens with one attached hydrogen (secondary N) is 2. The molecule has 0 radical (unpaired) electrons. The third-order valence-electron chi connectivity index (χ3n) is 4.63. The predicted octanol–water partition coefficient (Wildman–Crippen LogP) is 5.63. The van der Waals surface area contributed by atoms with Crippen molar-refractivity contribution in [3.05, 3.63) is 78.6 Å². The molecule has 0 spiro atoms. The summed E-state index contributed by atoms with van der Waals surface area (Å²) in [6.45, 7) is -1.44. The van der Waals surface area contributed by atoms with Crippen molar-refractivity contribution in [2.24, 2.45) is 0 Å². The number of aromatic nitrogens is 2. The number of halogens is 5. The standard InChI is InChI=1S/C22H15F5N4O/c23-17-5-4-13(9-18(17)24)14-6-7-31-19(11-28-20(31)10-14)15-2-1-3-16(8-15)30-21(32)29-12-22(25,26)27/h1-11H,12H2,(H2,29,30,32). The molecule has 0 aliphatic rings. The first-order valence-corrected chi connectivity index (χ1v) is 9.34. The maximum atomic E-state index is 13.6. The highest BCUT2D eigenvalue weighted by Gasteiger charge is 2.27. The largest absolute Gasteiger partial charge is 0.405 e. The van der Waals surface area contributed by atoms with E-state index in [0.717, 1.165) is 12.1 Å². The number of urea groups is 1. The molecule has 0 saturated heterocycles. The molecule has 5 nitrogen and oxygen atoms in total. The van der Waals surface area contributed by atoms with Crippen molar-refractivity contribution in [1.29, 1.82) is 0 Å². The lowest BCUT2D eigenvalue weighted by Crippen LogP contribution is -2.36. The summed E-state index contributed by atoms with van der Waals surface area (Å²) < 4.78 is 65.2. The number of carbonyl (C=O) groups is 1. The first-order valence-electron chi connectivity index (χ1n) is 9.34. The molecule has 0 atom stereocenters. The van der Waals surface area contributed by atoms with Gasteiger partial charge in [0.05, 0.1) is 11.9 Å². The molecule has 2 amide bonds. The van der Waals surface area contributed by atoms with Gasteiger partial charge in [-0.2, -0.15) is 13.2 Å². The van der Waals surface area contributed by atoms with Crippen LogP contribution in [0.1, 0.15) is 0 Å². The van der Waals surface area contributed by atoms with Crippen LogP contribution in [-0.4, -0.2) is 28.1 Å². The van der Waals surface area contributed by atoms with Crippen molar-refractivity contribution in [3.8, 4) is 22.4 Å². The molecule has 0 aliphatic heterocycles. The van der Waals surface area contributed by atoms with Crippen LogP contribution in [-0.2, 0) is 0 Å². The molecule has 2 aromatic heterocycles. The molecular formula is C22H15F5N4O. The molecule has 2 aromatic carbocycles. The highest BCUT2D eigenvalue weighted by Crippen LogP contribution is 2.27. The van der Waals surface area contributed by atoms with Gasteiger partial charge in [0.15, 0.2) is 11.6 Å². The Balaban J connectivity index is 1.58. The normalized spacial score (nSPS) is 11.5. The maximum Gasteiger partial charge on any atom is 0.405 e. The number of anilines is 1. The van der Waals surface area contributed by atoms with Gasteiger partial charge in [-0.15, -0.1) is 0 Å². The van der Waals surface area contributed by atoms with Gasteiger partial charge in [-0.25, -0.2) is 18.6 Å². The van der Waals surface area contributed by atoms with Gasteiger partial charge >= 0.3 is 12.2 Å². The summed E-state index contributed by atoms with van der Waals surface area (Å²) >= 11 is 0. The van der Waals surface area contributed by atoms with Crippen LogP contribution >= 0.6 is 0 Å². The van der Waals surface area contributed by atoms with Gasteiger partial charge in [0.2, 0.25) is 0 Å². The smallest absolute Gasteiger partial charge is 0.329 e. The number of rotatable bonds is 4. The van der Waals surface area contributed by atoms with E-state index in [4.69, 9.17) is 0 Å². The molecule has 4 rings (SSSR count). The number of nitrogens with zero attached hydrogens (tertiary/aromatic N) is 2. The van der Waals surface area contributed by atoms with Crippen molar-refractivity contribution < 1.29 is 26.7 Å². The average Bonchev–Trinajstić information content (AvgIpc) is 3.17. The maximum absolute atomic E-state index is 13.6. The minimum atomic E-state index is -4.51. The fourth-order valence-electron chi connectivity index (χ4n) is 3.16. The van der Waals surface area contributed by atoms with Crippen LogP contribution in [0.4, 0.5) is 32.4 Å². The number of benzene rings is 2. The minimum absolute atomic E-state index is 0.301. The molecule has 0 bridgehead atoms. The van der Waals surface area contributed by atoms with Gasteiger partial charge in [-0.3, -0.25) is 4.40 Å². The molecule has 2 heterocycles. The van der Waals surface area contributed by atoms with E-state index in [2.05, 4.69) is 10.3 Å². The Morgan fingerprint density at radius 3 is 2.47 bits per heavy atom. The fourth-order valence-corrected chi connectivity index (χ4v) is 3.16. The number of alkyl halides is 3. The Bertz CT molecular complexity index is 1300. The monoisotopic (exact) mass is 446 g/mol. The predicted molar refractivity (Wildman–Crippen MR) is 109 cm³/mol. The first kappa shape index (κ1) is 21.3. The number of amides is 2. The number of hydrogen-bond donors (Lipinski definition) is 2. The Hall–Kier alpha value is -3.95. The van der Waals surface area contributed by atoms with Crippen molar-refractivity contribution in [1.82, 2.24) is 14.7 Å². The van der Waals surface area contributed by atoms with Crippen LogP contribution < -0.4 is 10.6 Å². The van der Waals surface area contributed by atoms with Gasteiger partial charge in [-0.05, 0) is 47.5 Å². The second-order valence-corrected chi connectivity index (χ2v) is 6.92. The van der Waals surface area contributed by atoms with E-state index in [1.165, 1.54) is 6.07 Å². The topological polar surface area (TPSA) is 58.4 Å². The third kappa shape index (κ3) is 4.69. The van der Waals surface area contributed by atoms with Crippen molar-refractivity contribution in [2.75, 3.05) is 11.9 Å². The summed E-state index contributed by atoms with van der Waals surface area (Å²) in [5.41, 5.74) is 3.30. The Morgan fingerprint density at radius 1 is 0.938 bits per heavy atom. The highest BCUT2D eigenvalue weighted by molar-refractivity contribution is 5.90. The molecule has 10 heteroatoms. The van der Waals surface area contributed by atoms with Crippen LogP contribution in [0.15, 0.2) is 67.0 Å². The van der Waals surface area contributed by atoms with E-state index in [0.29, 0.717) is 33.7 Å². The molecule has 164 valence electrons. The third-order valence-corrected chi connectivity index (χ3v) is 4.63. The summed E-state index contributed by atoms with van der Waals surface area (Å²) in [6, 6.07) is 12.6. The summed E-state index contributed by atoms with van der Waals surface area (Å²) in [4.78, 5) is 16.0. The van der Waals surface area contributed by atoms with Crippen LogP contribution in [0.3, 0.4) is 0 Å². The zero-order valence-electron chi connectivity index (χ0n) is 16.3. The van der Waals surface area contributed by atoms with Crippen LogP contribution in [0, 0.1) is 11.6 Å². The van der Waals surface area contributed by atoms with Crippen molar-refractivity contribution in [2.45, 2.75) is 6.18 Å². The SMILES string of the molecule is O=C(NCC(F)(F)F)Nc1cccc(-c2cnc3cc(-c4ccc(F)c(F)c4)ccn23)c1. The lowest BCUT2D eigenvalue weighted by molar-refractivity contribution is -0.122. The van der Waals surface area contributed by atoms with E-state index in [9.17, 15) is 26.7 Å². The second-order valence-electron chi connectivity index (χ2n) is 6.92. The summed E-state index contributed by atoms with van der Waals surface area (Å²) in [5, 5.41) is 4.10. The van der Waals surface area contributed by atoms with Crippen LogP contribution in [0.2, 0.25) is 0 Å². The van der Waals surface area contributed by atoms with Gasteiger partial charge < -0.3 is 10.6 Å². The Morgan fingerprint density at radius 2 is 1.72 bits per heavy atom. The fraction of sp³-hybridized carbons (Fsp3) is 0.0909. The van der Waals surface area contributed by atoms with Gasteiger partial charge in [0.1, 0.15) is 12.2 Å². The average molecular weight is 446 g/mol. The summed E-state index contributed by atoms with van der Waals surface area (Å²) in [5.74, 6) is -1.88.